The summed E-state index contributed by atoms with van der Waals surface area (Å²) in [5.74, 6) is 1.22. The number of nitrogens with zero attached hydrogens (tertiary/aromatic N) is 6. The molecule has 1 atom stereocenters. The van der Waals surface area contributed by atoms with E-state index in [0.717, 1.165) is 34.0 Å². The molecule has 3 aromatic rings. The van der Waals surface area contributed by atoms with Crippen molar-refractivity contribution in [3.05, 3.63) is 41.9 Å². The fourth-order valence-corrected chi connectivity index (χ4v) is 5.05. The highest BCUT2D eigenvalue weighted by molar-refractivity contribution is 6.05. The van der Waals surface area contributed by atoms with Gasteiger partial charge in [0.2, 0.25) is 11.9 Å². The van der Waals surface area contributed by atoms with Crippen LogP contribution in [-0.2, 0) is 11.8 Å². The summed E-state index contributed by atoms with van der Waals surface area (Å²) in [6.07, 6.45) is 4.21. The summed E-state index contributed by atoms with van der Waals surface area (Å²) in [5.41, 5.74) is 7.09. The summed E-state index contributed by atoms with van der Waals surface area (Å²) in [7, 11) is 3.85. The van der Waals surface area contributed by atoms with Crippen LogP contribution in [0, 0.1) is 6.92 Å². The molecule has 1 N–H and O–H groups in total. The van der Waals surface area contributed by atoms with Gasteiger partial charge >= 0.3 is 0 Å². The van der Waals surface area contributed by atoms with Gasteiger partial charge in [0.25, 0.3) is 0 Å². The molecule has 0 spiro atoms. The van der Waals surface area contributed by atoms with Crippen LogP contribution in [0.1, 0.15) is 50.9 Å². The molecule has 0 saturated heterocycles. The number of nitrogens with one attached hydrogen (secondary N) is 1. The number of aromatic nitrogens is 4. The van der Waals surface area contributed by atoms with Crippen molar-refractivity contribution in [2.75, 3.05) is 22.2 Å². The van der Waals surface area contributed by atoms with Gasteiger partial charge in [-0.05, 0) is 64.8 Å². The fraction of sp³-hybridized carbons (Fsp3) is 0.440. The van der Waals surface area contributed by atoms with Crippen LogP contribution in [0.3, 0.4) is 0 Å². The Balaban J connectivity index is 1.49. The highest BCUT2D eigenvalue weighted by Crippen LogP contribution is 2.45. The first kappa shape index (κ1) is 21.4. The molecule has 1 fully saturated rings. The molecule has 5 rings (SSSR count). The van der Waals surface area contributed by atoms with Gasteiger partial charge in [0.15, 0.2) is 0 Å². The summed E-state index contributed by atoms with van der Waals surface area (Å²) in [4.78, 5) is 25.9. The molecule has 2 aliphatic rings. The molecule has 0 radical (unpaired) electrons. The van der Waals surface area contributed by atoms with Crippen LogP contribution >= 0.6 is 0 Å². The molecule has 1 amide bonds. The SMILES string of the molecule is Cc1nn(C)c(C2CC2)c1-c1ccnc(Nc2ccc3c(c2)N(C(C)C)[C@H](C)C(=O)N3C)n1. The monoisotopic (exact) mass is 445 g/mol. The Hall–Kier alpha value is -3.42. The van der Waals surface area contributed by atoms with Crippen molar-refractivity contribution in [2.45, 2.75) is 58.5 Å². The van der Waals surface area contributed by atoms with Crippen molar-refractivity contribution >= 4 is 28.9 Å². The summed E-state index contributed by atoms with van der Waals surface area (Å²) in [5, 5.41) is 8.03. The molecule has 3 heterocycles. The lowest BCUT2D eigenvalue weighted by molar-refractivity contribution is -0.119. The average molecular weight is 446 g/mol. The maximum atomic E-state index is 12.7. The second-order valence-corrected chi connectivity index (χ2v) is 9.41. The first-order valence-electron chi connectivity index (χ1n) is 11.6. The number of hydrogen-bond donors (Lipinski definition) is 1. The van der Waals surface area contributed by atoms with Gasteiger partial charge in [0.05, 0.1) is 28.5 Å². The predicted octanol–water partition coefficient (Wildman–Crippen LogP) is 4.39. The van der Waals surface area contributed by atoms with Gasteiger partial charge in [-0.15, -0.1) is 0 Å². The number of rotatable bonds is 5. The van der Waals surface area contributed by atoms with E-state index in [1.54, 1.807) is 11.1 Å². The van der Waals surface area contributed by atoms with E-state index in [-0.39, 0.29) is 18.0 Å². The number of carbonyl (C=O) groups excluding carboxylic acids is 1. The first-order valence-corrected chi connectivity index (χ1v) is 11.6. The molecule has 8 nitrogen and oxygen atoms in total. The van der Waals surface area contributed by atoms with Gasteiger partial charge in [-0.1, -0.05) is 0 Å². The van der Waals surface area contributed by atoms with Crippen LogP contribution in [-0.4, -0.2) is 44.8 Å². The zero-order valence-electron chi connectivity index (χ0n) is 20.1. The average Bonchev–Trinajstić information content (AvgIpc) is 3.56. The van der Waals surface area contributed by atoms with Crippen LogP contribution in [0.25, 0.3) is 11.3 Å². The summed E-state index contributed by atoms with van der Waals surface area (Å²) < 4.78 is 2.00. The molecule has 1 aliphatic heterocycles. The zero-order valence-corrected chi connectivity index (χ0v) is 20.1. The highest BCUT2D eigenvalue weighted by atomic mass is 16.2. The minimum atomic E-state index is -0.216. The van der Waals surface area contributed by atoms with Crippen molar-refractivity contribution in [1.29, 1.82) is 0 Å². The summed E-state index contributed by atoms with van der Waals surface area (Å²) in [6.45, 7) is 8.22. The van der Waals surface area contributed by atoms with Crippen molar-refractivity contribution in [3.63, 3.8) is 0 Å². The Labute approximate surface area is 194 Å². The summed E-state index contributed by atoms with van der Waals surface area (Å²) in [6, 6.07) is 7.97. The summed E-state index contributed by atoms with van der Waals surface area (Å²) >= 11 is 0. The first-order chi connectivity index (χ1) is 15.8. The van der Waals surface area contributed by atoms with Gasteiger partial charge < -0.3 is 15.1 Å². The molecular formula is C25H31N7O. The van der Waals surface area contributed by atoms with Crippen molar-refractivity contribution in [2.24, 2.45) is 7.05 Å². The van der Waals surface area contributed by atoms with E-state index < -0.39 is 0 Å². The van der Waals surface area contributed by atoms with Crippen LogP contribution in [0.2, 0.25) is 0 Å². The van der Waals surface area contributed by atoms with Gasteiger partial charge in [-0.3, -0.25) is 9.48 Å². The number of fused-ring (bicyclic) bond motifs is 1. The zero-order chi connectivity index (χ0) is 23.4. The van der Waals surface area contributed by atoms with Crippen molar-refractivity contribution in [3.8, 4) is 11.3 Å². The number of amides is 1. The number of aryl methyl sites for hydroxylation is 2. The molecule has 8 heteroatoms. The van der Waals surface area contributed by atoms with E-state index >= 15 is 0 Å². The third-order valence-corrected chi connectivity index (χ3v) is 6.67. The maximum absolute atomic E-state index is 12.7. The normalized spacial score (nSPS) is 18.2. The second-order valence-electron chi connectivity index (χ2n) is 9.41. The van der Waals surface area contributed by atoms with Crippen LogP contribution < -0.4 is 15.1 Å². The van der Waals surface area contributed by atoms with Crippen LogP contribution in [0.4, 0.5) is 23.0 Å². The molecule has 33 heavy (non-hydrogen) atoms. The van der Waals surface area contributed by atoms with Gasteiger partial charge in [0.1, 0.15) is 6.04 Å². The molecule has 1 aromatic carbocycles. The van der Waals surface area contributed by atoms with Gasteiger partial charge in [-0.25, -0.2) is 9.97 Å². The van der Waals surface area contributed by atoms with Crippen LogP contribution in [0.5, 0.6) is 0 Å². The van der Waals surface area contributed by atoms with Gasteiger partial charge in [0, 0.05) is 43.5 Å². The lowest BCUT2D eigenvalue weighted by Gasteiger charge is -2.42. The second kappa shape index (κ2) is 7.86. The number of likely N-dealkylation sites (N-methyl/N-ethyl adjacent to an activating group) is 1. The molecule has 1 saturated carbocycles. The van der Waals surface area contributed by atoms with E-state index in [1.165, 1.54) is 18.5 Å². The smallest absolute Gasteiger partial charge is 0.249 e. The van der Waals surface area contributed by atoms with E-state index in [0.29, 0.717) is 11.9 Å². The molecular weight excluding hydrogens is 414 g/mol. The molecule has 172 valence electrons. The van der Waals surface area contributed by atoms with E-state index in [4.69, 9.17) is 4.98 Å². The quantitative estimate of drug-likeness (QED) is 0.628. The maximum Gasteiger partial charge on any atom is 0.249 e. The third-order valence-electron chi connectivity index (χ3n) is 6.67. The Bertz CT molecular complexity index is 1230. The number of benzene rings is 1. The molecule has 0 unspecified atom stereocenters. The fourth-order valence-electron chi connectivity index (χ4n) is 5.05. The van der Waals surface area contributed by atoms with Crippen molar-refractivity contribution in [1.82, 2.24) is 19.7 Å². The Morgan fingerprint density at radius 3 is 2.58 bits per heavy atom. The van der Waals surface area contributed by atoms with Crippen LogP contribution in [0.15, 0.2) is 30.5 Å². The third kappa shape index (κ3) is 3.63. The topological polar surface area (TPSA) is 79.2 Å². The molecule has 2 aromatic heterocycles. The Morgan fingerprint density at radius 2 is 1.88 bits per heavy atom. The van der Waals surface area contributed by atoms with Crippen molar-refractivity contribution < 1.29 is 4.79 Å². The lowest BCUT2D eigenvalue weighted by Crippen LogP contribution is -2.53. The minimum absolute atomic E-state index is 0.103. The number of carbonyl (C=O) groups is 1. The van der Waals surface area contributed by atoms with E-state index in [2.05, 4.69) is 40.2 Å². The standard InChI is InChI=1S/C25H31N7O/c1-14(2)32-16(4)24(33)30(5)20-10-9-18(13-21(20)32)27-25-26-12-11-19(28-25)22-15(3)29-31(6)23(22)17-7-8-17/h9-14,16-17H,7-8H2,1-6H3,(H,26,27,28)/t16-/m1/s1. The van der Waals surface area contributed by atoms with Gasteiger partial charge in [-0.2, -0.15) is 5.10 Å². The largest absolute Gasteiger partial charge is 0.356 e. The van der Waals surface area contributed by atoms with E-state index in [1.807, 2.05) is 50.8 Å². The molecule has 0 bridgehead atoms. The minimum Gasteiger partial charge on any atom is -0.356 e. The Kier molecular flexibility index (Phi) is 5.11. The predicted molar refractivity (Wildman–Crippen MR) is 131 cm³/mol. The Morgan fingerprint density at radius 1 is 1.12 bits per heavy atom. The number of hydrogen-bond acceptors (Lipinski definition) is 6. The lowest BCUT2D eigenvalue weighted by atomic mass is 10.0. The van der Waals surface area contributed by atoms with E-state index in [9.17, 15) is 4.79 Å². The molecule has 1 aliphatic carbocycles. The number of anilines is 4. The highest BCUT2D eigenvalue weighted by Gasteiger charge is 2.35.